The number of amides is 1. The summed E-state index contributed by atoms with van der Waals surface area (Å²) in [4.78, 5) is 13.3. The summed E-state index contributed by atoms with van der Waals surface area (Å²) in [5, 5.41) is 9.23. The minimum absolute atomic E-state index is 0.280. The van der Waals surface area contributed by atoms with Crippen molar-refractivity contribution in [3.05, 3.63) is 35.9 Å². The van der Waals surface area contributed by atoms with Crippen LogP contribution in [0.2, 0.25) is 0 Å². The summed E-state index contributed by atoms with van der Waals surface area (Å²) in [5.74, 6) is 2.56. The van der Waals surface area contributed by atoms with E-state index in [0.717, 1.165) is 5.56 Å². The molecule has 0 radical (unpaired) electrons. The molecule has 0 aliphatic carbocycles. The van der Waals surface area contributed by atoms with Gasteiger partial charge in [-0.1, -0.05) is 36.3 Å². The highest BCUT2D eigenvalue weighted by Gasteiger charge is 2.50. The van der Waals surface area contributed by atoms with Crippen LogP contribution < -0.4 is 0 Å². The Balaban J connectivity index is 2.26. The van der Waals surface area contributed by atoms with Crippen LogP contribution in [0, 0.1) is 12.3 Å². The van der Waals surface area contributed by atoms with E-state index in [1.165, 1.54) is 4.90 Å². The van der Waals surface area contributed by atoms with Gasteiger partial charge in [0.05, 0.1) is 13.2 Å². The Morgan fingerprint density at radius 2 is 2.17 bits per heavy atom. The quantitative estimate of drug-likeness (QED) is 0.819. The van der Waals surface area contributed by atoms with Crippen LogP contribution in [0.1, 0.15) is 12.5 Å². The van der Waals surface area contributed by atoms with Crippen molar-refractivity contribution in [3.63, 3.8) is 0 Å². The van der Waals surface area contributed by atoms with Gasteiger partial charge in [0.25, 0.3) is 0 Å². The molecule has 1 aromatic rings. The Kier molecular flexibility index (Phi) is 3.26. The van der Waals surface area contributed by atoms with E-state index in [9.17, 15) is 9.90 Å². The fourth-order valence-corrected chi connectivity index (χ4v) is 2.04. The van der Waals surface area contributed by atoms with Crippen LogP contribution in [0.4, 0.5) is 4.79 Å². The van der Waals surface area contributed by atoms with Crippen LogP contribution in [0.15, 0.2) is 30.3 Å². The van der Waals surface area contributed by atoms with E-state index in [1.54, 1.807) is 6.92 Å². The number of ether oxygens (including phenoxy) is 1. The Bertz CT molecular complexity index is 480. The maximum atomic E-state index is 11.8. The van der Waals surface area contributed by atoms with E-state index < -0.39 is 17.7 Å². The first kappa shape index (κ1) is 12.5. The average molecular weight is 245 g/mol. The van der Waals surface area contributed by atoms with Crippen molar-refractivity contribution in [2.75, 3.05) is 6.61 Å². The maximum Gasteiger partial charge on any atom is 0.411 e. The van der Waals surface area contributed by atoms with Crippen LogP contribution in [-0.4, -0.2) is 34.3 Å². The highest BCUT2D eigenvalue weighted by atomic mass is 16.6. The molecule has 0 saturated carbocycles. The lowest BCUT2D eigenvalue weighted by atomic mass is 9.95. The molecule has 0 unspecified atom stereocenters. The fourth-order valence-electron chi connectivity index (χ4n) is 2.04. The Morgan fingerprint density at radius 3 is 2.72 bits per heavy atom. The van der Waals surface area contributed by atoms with Gasteiger partial charge in [-0.2, -0.15) is 0 Å². The summed E-state index contributed by atoms with van der Waals surface area (Å²) in [6.45, 7) is 1.82. The molecule has 0 bridgehead atoms. The van der Waals surface area contributed by atoms with Crippen molar-refractivity contribution in [2.45, 2.75) is 25.1 Å². The van der Waals surface area contributed by atoms with Gasteiger partial charge in [-0.15, -0.1) is 6.42 Å². The molecule has 1 aliphatic heterocycles. The first-order valence-corrected chi connectivity index (χ1v) is 5.72. The normalized spacial score (nSPS) is 26.8. The number of nitrogens with zero attached hydrogens (tertiary/aromatic N) is 1. The van der Waals surface area contributed by atoms with Crippen LogP contribution in [0.25, 0.3) is 0 Å². The van der Waals surface area contributed by atoms with E-state index in [0.29, 0.717) is 6.54 Å². The molecular weight excluding hydrogens is 230 g/mol. The SMILES string of the molecule is C#C[C@@]1(C)[C@@H](CO)OC(=O)N1Cc1ccccc1. The number of benzene rings is 1. The number of aliphatic hydroxyl groups is 1. The molecule has 4 nitrogen and oxygen atoms in total. The third-order valence-corrected chi connectivity index (χ3v) is 3.29. The number of hydrogen-bond donors (Lipinski definition) is 1. The summed E-state index contributed by atoms with van der Waals surface area (Å²) in [7, 11) is 0. The Morgan fingerprint density at radius 1 is 1.50 bits per heavy atom. The Labute approximate surface area is 106 Å². The molecule has 1 aliphatic rings. The molecule has 1 saturated heterocycles. The standard InChI is InChI=1S/C14H15NO3/c1-3-14(2)12(10-16)18-13(17)15(14)9-11-7-5-4-6-8-11/h1,4-8,12,16H,9-10H2,2H3/t12-,14+/m1/s1. The Hall–Kier alpha value is -1.99. The number of rotatable bonds is 3. The molecule has 2 rings (SSSR count). The summed E-state index contributed by atoms with van der Waals surface area (Å²) in [6, 6.07) is 9.52. The second-order valence-corrected chi connectivity index (χ2v) is 4.42. The van der Waals surface area contributed by atoms with E-state index in [4.69, 9.17) is 11.2 Å². The van der Waals surface area contributed by atoms with E-state index in [1.807, 2.05) is 30.3 Å². The maximum absolute atomic E-state index is 11.8. The lowest BCUT2D eigenvalue weighted by molar-refractivity contribution is 0.0715. The predicted molar refractivity (Wildman–Crippen MR) is 66.6 cm³/mol. The van der Waals surface area contributed by atoms with Crippen LogP contribution in [0.5, 0.6) is 0 Å². The van der Waals surface area contributed by atoms with Crippen LogP contribution >= 0.6 is 0 Å². The van der Waals surface area contributed by atoms with Gasteiger partial charge in [-0.05, 0) is 12.5 Å². The van der Waals surface area contributed by atoms with Crippen molar-refractivity contribution < 1.29 is 14.6 Å². The van der Waals surface area contributed by atoms with Gasteiger partial charge in [0.1, 0.15) is 5.54 Å². The number of carbonyl (C=O) groups excluding carboxylic acids is 1. The van der Waals surface area contributed by atoms with E-state index in [-0.39, 0.29) is 6.61 Å². The van der Waals surface area contributed by atoms with Gasteiger partial charge in [-0.25, -0.2) is 4.79 Å². The van der Waals surface area contributed by atoms with Crippen LogP contribution in [0.3, 0.4) is 0 Å². The predicted octanol–water partition coefficient (Wildman–Crippen LogP) is 1.39. The van der Waals surface area contributed by atoms with Crippen molar-refractivity contribution in [1.29, 1.82) is 0 Å². The number of hydrogen-bond acceptors (Lipinski definition) is 3. The number of aliphatic hydroxyl groups excluding tert-OH is 1. The highest BCUT2D eigenvalue weighted by molar-refractivity contribution is 5.73. The van der Waals surface area contributed by atoms with Gasteiger partial charge < -0.3 is 9.84 Å². The first-order chi connectivity index (χ1) is 8.61. The van der Waals surface area contributed by atoms with E-state index >= 15 is 0 Å². The largest absolute Gasteiger partial charge is 0.440 e. The molecule has 1 aromatic carbocycles. The van der Waals surface area contributed by atoms with Gasteiger partial charge in [0.15, 0.2) is 6.10 Å². The van der Waals surface area contributed by atoms with E-state index in [2.05, 4.69) is 5.92 Å². The van der Waals surface area contributed by atoms with Crippen molar-refractivity contribution in [1.82, 2.24) is 4.90 Å². The van der Waals surface area contributed by atoms with Crippen LogP contribution in [-0.2, 0) is 11.3 Å². The minimum Gasteiger partial charge on any atom is -0.440 e. The summed E-state index contributed by atoms with van der Waals surface area (Å²) >= 11 is 0. The lowest BCUT2D eigenvalue weighted by Gasteiger charge is -2.30. The average Bonchev–Trinajstić information content (AvgIpc) is 2.65. The molecule has 1 fully saturated rings. The third kappa shape index (κ3) is 1.93. The van der Waals surface area contributed by atoms with Crippen molar-refractivity contribution in [2.24, 2.45) is 0 Å². The molecule has 1 heterocycles. The molecule has 0 spiro atoms. The number of cyclic esters (lactones) is 1. The second kappa shape index (κ2) is 4.71. The molecule has 2 atom stereocenters. The van der Waals surface area contributed by atoms with Gasteiger partial charge in [0.2, 0.25) is 0 Å². The zero-order valence-electron chi connectivity index (χ0n) is 10.2. The molecule has 94 valence electrons. The van der Waals surface area contributed by atoms with Gasteiger partial charge in [-0.3, -0.25) is 4.90 Å². The summed E-state index contributed by atoms with van der Waals surface area (Å²) in [6.07, 6.45) is 4.34. The number of carbonyl (C=O) groups is 1. The molecular formula is C14H15NO3. The minimum atomic E-state index is -0.915. The zero-order valence-corrected chi connectivity index (χ0v) is 10.2. The molecule has 1 amide bonds. The highest BCUT2D eigenvalue weighted by Crippen LogP contribution is 2.31. The zero-order chi connectivity index (χ0) is 13.2. The monoisotopic (exact) mass is 245 g/mol. The molecule has 18 heavy (non-hydrogen) atoms. The smallest absolute Gasteiger partial charge is 0.411 e. The second-order valence-electron chi connectivity index (χ2n) is 4.42. The summed E-state index contributed by atoms with van der Waals surface area (Å²) < 4.78 is 5.10. The molecule has 4 heteroatoms. The number of terminal acetylenes is 1. The summed E-state index contributed by atoms with van der Waals surface area (Å²) in [5.41, 5.74) is 0.0521. The first-order valence-electron chi connectivity index (χ1n) is 5.72. The van der Waals surface area contributed by atoms with Gasteiger partial charge >= 0.3 is 6.09 Å². The topological polar surface area (TPSA) is 49.8 Å². The molecule has 1 N–H and O–H groups in total. The van der Waals surface area contributed by atoms with Crippen molar-refractivity contribution >= 4 is 6.09 Å². The van der Waals surface area contributed by atoms with Crippen molar-refractivity contribution in [3.8, 4) is 12.3 Å². The van der Waals surface area contributed by atoms with Gasteiger partial charge in [0, 0.05) is 0 Å². The third-order valence-electron chi connectivity index (χ3n) is 3.29. The lowest BCUT2D eigenvalue weighted by Crippen LogP contribution is -2.48. The molecule has 0 aromatic heterocycles. The fraction of sp³-hybridized carbons (Fsp3) is 0.357.